The van der Waals surface area contributed by atoms with Gasteiger partial charge < -0.3 is 24.0 Å². The van der Waals surface area contributed by atoms with Gasteiger partial charge in [-0.1, -0.05) is 73.5 Å². The highest BCUT2D eigenvalue weighted by Gasteiger charge is 2.55. The maximum atomic E-state index is 13.9. The van der Waals surface area contributed by atoms with E-state index in [1.165, 1.54) is 15.5 Å². The maximum absolute atomic E-state index is 13.9. The van der Waals surface area contributed by atoms with E-state index in [0.717, 1.165) is 36.8 Å². The molecule has 1 aliphatic carbocycles. The van der Waals surface area contributed by atoms with Crippen LogP contribution in [-0.4, -0.2) is 68.6 Å². The minimum absolute atomic E-state index is 0.0393. The first-order valence-corrected chi connectivity index (χ1v) is 15.4. The van der Waals surface area contributed by atoms with Crippen LogP contribution in [0.4, 0.5) is 0 Å². The molecule has 3 heterocycles. The molecule has 6 rings (SSSR count). The zero-order valence-corrected chi connectivity index (χ0v) is 25.5. The summed E-state index contributed by atoms with van der Waals surface area (Å²) in [5, 5.41) is 12.4. The number of carbonyl (C=O) groups is 2. The number of hydrogen-bond donors (Lipinski definition) is 1. The van der Waals surface area contributed by atoms with Crippen LogP contribution in [0.25, 0.3) is 11.1 Å². The van der Waals surface area contributed by atoms with Gasteiger partial charge in [0.05, 0.1) is 17.7 Å². The summed E-state index contributed by atoms with van der Waals surface area (Å²) in [7, 11) is 3.38. The van der Waals surface area contributed by atoms with Crippen molar-refractivity contribution < 1.29 is 14.7 Å². The Kier molecular flexibility index (Phi) is 8.03. The molecule has 1 saturated carbocycles. The van der Waals surface area contributed by atoms with Crippen molar-refractivity contribution in [3.8, 4) is 11.1 Å². The van der Waals surface area contributed by atoms with E-state index in [-0.39, 0.29) is 23.9 Å². The third-order valence-corrected chi connectivity index (χ3v) is 9.65. The molecule has 8 nitrogen and oxygen atoms in total. The van der Waals surface area contributed by atoms with Gasteiger partial charge in [-0.3, -0.25) is 14.4 Å². The van der Waals surface area contributed by atoms with E-state index in [1.54, 1.807) is 20.3 Å². The highest BCUT2D eigenvalue weighted by atomic mass is 16.3. The highest BCUT2D eigenvalue weighted by Crippen LogP contribution is 2.51. The average molecular weight is 593 g/mol. The largest absolute Gasteiger partial charge is 0.387 e. The Hall–Kier alpha value is -4.43. The molecule has 1 atom stereocenters. The van der Waals surface area contributed by atoms with Crippen LogP contribution >= 0.6 is 0 Å². The second-order valence-corrected chi connectivity index (χ2v) is 12.6. The summed E-state index contributed by atoms with van der Waals surface area (Å²) in [6.45, 7) is 1.49. The summed E-state index contributed by atoms with van der Waals surface area (Å²) in [6, 6.07) is 24.8. The highest BCUT2D eigenvalue weighted by molar-refractivity contribution is 6.00. The van der Waals surface area contributed by atoms with Crippen LogP contribution < -0.4 is 5.56 Å². The normalized spacial score (nSPS) is 19.3. The Balaban J connectivity index is 1.29. The van der Waals surface area contributed by atoms with Gasteiger partial charge in [0.2, 0.25) is 0 Å². The molecule has 8 heteroatoms. The molecule has 44 heavy (non-hydrogen) atoms. The van der Waals surface area contributed by atoms with E-state index in [1.807, 2.05) is 76.3 Å². The van der Waals surface area contributed by atoms with Crippen LogP contribution in [0.5, 0.6) is 0 Å². The molecule has 1 unspecified atom stereocenters. The van der Waals surface area contributed by atoms with Crippen molar-refractivity contribution in [2.75, 3.05) is 27.2 Å². The number of aliphatic hydroxyl groups is 1. The predicted octanol–water partition coefficient (Wildman–Crippen LogP) is 4.90. The fourth-order valence-electron chi connectivity index (χ4n) is 7.21. The minimum Gasteiger partial charge on any atom is -0.387 e. The van der Waals surface area contributed by atoms with Gasteiger partial charge in [-0.25, -0.2) is 0 Å². The number of benzene rings is 2. The van der Waals surface area contributed by atoms with Gasteiger partial charge in [0.25, 0.3) is 17.4 Å². The monoisotopic (exact) mass is 592 g/mol. The second-order valence-electron chi connectivity index (χ2n) is 12.6. The number of aromatic nitrogens is 2. The number of amides is 2. The number of piperidine rings is 1. The lowest BCUT2D eigenvalue weighted by Gasteiger charge is -2.52. The zero-order chi connectivity index (χ0) is 30.9. The number of likely N-dealkylation sites (tertiary alicyclic amines) is 1. The Morgan fingerprint density at radius 3 is 2.25 bits per heavy atom. The molecule has 2 aromatic heterocycles. The number of hydrogen-bond acceptors (Lipinski definition) is 4. The van der Waals surface area contributed by atoms with Gasteiger partial charge in [-0.2, -0.15) is 0 Å². The van der Waals surface area contributed by atoms with Crippen LogP contribution in [0.3, 0.4) is 0 Å². The van der Waals surface area contributed by atoms with Crippen LogP contribution in [0.1, 0.15) is 58.5 Å². The average Bonchev–Trinajstić information content (AvgIpc) is 3.70. The van der Waals surface area contributed by atoms with Crippen molar-refractivity contribution in [2.45, 2.75) is 50.8 Å². The first-order chi connectivity index (χ1) is 21.2. The maximum Gasteiger partial charge on any atom is 0.270 e. The van der Waals surface area contributed by atoms with Crippen molar-refractivity contribution in [1.29, 1.82) is 0 Å². The predicted molar refractivity (Wildman–Crippen MR) is 171 cm³/mol. The molecule has 2 aromatic carbocycles. The van der Waals surface area contributed by atoms with Crippen LogP contribution in [0, 0.1) is 5.41 Å². The molecule has 2 amide bonds. The minimum atomic E-state index is -1.21. The molecule has 2 fully saturated rings. The standard InChI is InChI=1S/C36H40N4O4/c1-37(2)33(42)30-24-40(32(41)22-29(30)28-14-7-4-8-15-28)26-36(44)19-21-39(25-35(36)17-9-10-18-35)34(43)31-16-11-20-38(31)23-27-12-5-3-6-13-27/h3-8,11-16,20,22,24,44H,9-10,17-19,21,23,25-26H2,1-2H3. The quantitative estimate of drug-likeness (QED) is 0.331. The van der Waals surface area contributed by atoms with Crippen LogP contribution in [-0.2, 0) is 13.1 Å². The molecule has 4 aromatic rings. The molecular formula is C36H40N4O4. The van der Waals surface area contributed by atoms with Crippen molar-refractivity contribution in [2.24, 2.45) is 5.41 Å². The van der Waals surface area contributed by atoms with Crippen LogP contribution in [0.2, 0.25) is 0 Å². The summed E-state index contributed by atoms with van der Waals surface area (Å²) >= 11 is 0. The Labute approximate surface area is 258 Å². The molecule has 2 aliphatic rings. The van der Waals surface area contributed by atoms with E-state index in [2.05, 4.69) is 12.1 Å². The third-order valence-electron chi connectivity index (χ3n) is 9.65. The smallest absolute Gasteiger partial charge is 0.270 e. The fraction of sp³-hybridized carbons (Fsp3) is 0.361. The van der Waals surface area contributed by atoms with E-state index < -0.39 is 11.0 Å². The number of rotatable bonds is 7. The molecule has 228 valence electrons. The van der Waals surface area contributed by atoms with Gasteiger partial charge >= 0.3 is 0 Å². The Morgan fingerprint density at radius 2 is 1.57 bits per heavy atom. The molecule has 0 bridgehead atoms. The SMILES string of the molecule is CN(C)C(=O)c1cn(CC2(O)CCN(C(=O)c3cccn3Cc3ccccc3)CC23CCCC3)c(=O)cc1-c1ccccc1. The topological polar surface area (TPSA) is 87.8 Å². The number of pyridine rings is 1. The molecule has 1 aliphatic heterocycles. The number of carbonyl (C=O) groups excluding carboxylic acids is 2. The molecular weight excluding hydrogens is 552 g/mol. The Bertz CT molecular complexity index is 1700. The molecule has 1 N–H and O–H groups in total. The van der Waals surface area contributed by atoms with E-state index in [0.29, 0.717) is 42.9 Å². The lowest BCUT2D eigenvalue weighted by molar-refractivity contribution is -0.135. The second kappa shape index (κ2) is 11.9. The van der Waals surface area contributed by atoms with Gasteiger partial charge in [-0.15, -0.1) is 0 Å². The van der Waals surface area contributed by atoms with Crippen molar-refractivity contribution in [3.63, 3.8) is 0 Å². The zero-order valence-electron chi connectivity index (χ0n) is 25.5. The molecule has 1 spiro atoms. The fourth-order valence-corrected chi connectivity index (χ4v) is 7.21. The molecule has 1 saturated heterocycles. The van der Waals surface area contributed by atoms with Crippen LogP contribution in [0.15, 0.2) is 96.1 Å². The van der Waals surface area contributed by atoms with E-state index >= 15 is 0 Å². The van der Waals surface area contributed by atoms with Crippen molar-refractivity contribution in [3.05, 3.63) is 118 Å². The van der Waals surface area contributed by atoms with Gasteiger partial charge in [0, 0.05) is 63.2 Å². The lowest BCUT2D eigenvalue weighted by atomic mass is 9.65. The van der Waals surface area contributed by atoms with E-state index in [9.17, 15) is 19.5 Å². The summed E-state index contributed by atoms with van der Waals surface area (Å²) in [5.41, 5.74) is 1.52. The summed E-state index contributed by atoms with van der Waals surface area (Å²) in [6.07, 6.45) is 7.37. The summed E-state index contributed by atoms with van der Waals surface area (Å²) < 4.78 is 3.49. The van der Waals surface area contributed by atoms with E-state index in [4.69, 9.17) is 0 Å². The summed E-state index contributed by atoms with van der Waals surface area (Å²) in [4.78, 5) is 44.2. The van der Waals surface area contributed by atoms with Crippen molar-refractivity contribution >= 4 is 11.8 Å². The lowest BCUT2D eigenvalue weighted by Crippen LogP contribution is -2.62. The first kappa shape index (κ1) is 29.6. The third kappa shape index (κ3) is 5.50. The first-order valence-electron chi connectivity index (χ1n) is 15.4. The van der Waals surface area contributed by atoms with Gasteiger partial charge in [-0.05, 0) is 42.5 Å². The summed E-state index contributed by atoms with van der Waals surface area (Å²) in [5.74, 6) is -0.249. The molecule has 0 radical (unpaired) electrons. The van der Waals surface area contributed by atoms with Crippen molar-refractivity contribution in [1.82, 2.24) is 18.9 Å². The Morgan fingerprint density at radius 1 is 0.886 bits per heavy atom. The number of nitrogens with zero attached hydrogens (tertiary/aromatic N) is 4. The van der Waals surface area contributed by atoms with Gasteiger partial charge in [0.15, 0.2) is 0 Å². The van der Waals surface area contributed by atoms with Gasteiger partial charge in [0.1, 0.15) is 5.69 Å².